The van der Waals surface area contributed by atoms with Crippen LogP contribution >= 0.6 is 0 Å². The van der Waals surface area contributed by atoms with E-state index < -0.39 is 0 Å². The maximum Gasteiger partial charge on any atom is 0.256 e. The van der Waals surface area contributed by atoms with Gasteiger partial charge >= 0.3 is 0 Å². The van der Waals surface area contributed by atoms with Crippen LogP contribution in [-0.4, -0.2) is 15.7 Å². The molecular formula is C12H13N3O. The maximum atomic E-state index is 11.8. The van der Waals surface area contributed by atoms with Crippen LogP contribution in [0.15, 0.2) is 36.4 Å². The Hall–Kier alpha value is -2.10. The second-order valence-corrected chi connectivity index (χ2v) is 3.61. The lowest BCUT2D eigenvalue weighted by Gasteiger charge is -2.00. The summed E-state index contributed by atoms with van der Waals surface area (Å²) in [6, 6.07) is 10.9. The SMILES string of the molecule is Cc1cc(NC(=O)c2ccccc2)nn1C. The Bertz CT molecular complexity index is 483. The summed E-state index contributed by atoms with van der Waals surface area (Å²) in [6.45, 7) is 1.94. The molecule has 0 saturated carbocycles. The van der Waals surface area contributed by atoms with Crippen LogP contribution in [0, 0.1) is 6.92 Å². The van der Waals surface area contributed by atoms with Crippen molar-refractivity contribution in [2.75, 3.05) is 5.32 Å². The molecule has 1 aromatic carbocycles. The van der Waals surface area contributed by atoms with E-state index in [1.165, 1.54) is 0 Å². The van der Waals surface area contributed by atoms with Crippen LogP contribution in [0.3, 0.4) is 0 Å². The van der Waals surface area contributed by atoms with Crippen LogP contribution in [0.4, 0.5) is 5.82 Å². The number of amides is 1. The predicted molar refractivity (Wildman–Crippen MR) is 62.3 cm³/mol. The smallest absolute Gasteiger partial charge is 0.256 e. The lowest BCUT2D eigenvalue weighted by Crippen LogP contribution is -2.12. The third-order valence-corrected chi connectivity index (χ3v) is 2.39. The molecule has 0 bridgehead atoms. The molecule has 4 nitrogen and oxygen atoms in total. The first kappa shape index (κ1) is 10.4. The largest absolute Gasteiger partial charge is 0.305 e. The topological polar surface area (TPSA) is 46.9 Å². The van der Waals surface area contributed by atoms with Crippen molar-refractivity contribution >= 4 is 11.7 Å². The van der Waals surface area contributed by atoms with Gasteiger partial charge in [-0.3, -0.25) is 9.48 Å². The summed E-state index contributed by atoms with van der Waals surface area (Å²) in [7, 11) is 1.84. The lowest BCUT2D eigenvalue weighted by atomic mass is 10.2. The molecule has 1 heterocycles. The van der Waals surface area contributed by atoms with Crippen molar-refractivity contribution in [1.82, 2.24) is 9.78 Å². The highest BCUT2D eigenvalue weighted by molar-refractivity contribution is 6.03. The molecule has 1 aromatic heterocycles. The number of hydrogen-bond donors (Lipinski definition) is 1. The van der Waals surface area contributed by atoms with Gasteiger partial charge in [0.15, 0.2) is 5.82 Å². The molecule has 0 aliphatic rings. The number of rotatable bonds is 2. The molecule has 0 unspecified atom stereocenters. The summed E-state index contributed by atoms with van der Waals surface area (Å²) in [4.78, 5) is 11.8. The van der Waals surface area contributed by atoms with Crippen molar-refractivity contribution in [3.05, 3.63) is 47.7 Å². The summed E-state index contributed by atoms with van der Waals surface area (Å²) in [6.07, 6.45) is 0. The van der Waals surface area contributed by atoms with Gasteiger partial charge in [0.25, 0.3) is 5.91 Å². The molecule has 0 atom stereocenters. The average molecular weight is 215 g/mol. The van der Waals surface area contributed by atoms with E-state index in [1.807, 2.05) is 38.2 Å². The van der Waals surface area contributed by atoms with E-state index in [-0.39, 0.29) is 5.91 Å². The molecule has 16 heavy (non-hydrogen) atoms. The Balaban J connectivity index is 2.14. The van der Waals surface area contributed by atoms with E-state index >= 15 is 0 Å². The minimum atomic E-state index is -0.140. The van der Waals surface area contributed by atoms with Crippen molar-refractivity contribution in [2.24, 2.45) is 7.05 Å². The first-order chi connectivity index (χ1) is 7.66. The Morgan fingerprint density at radius 2 is 2.00 bits per heavy atom. The Kier molecular flexibility index (Phi) is 2.72. The zero-order valence-corrected chi connectivity index (χ0v) is 9.27. The van der Waals surface area contributed by atoms with Crippen LogP contribution in [0.2, 0.25) is 0 Å². The summed E-state index contributed by atoms with van der Waals surface area (Å²) < 4.78 is 1.72. The van der Waals surface area contributed by atoms with E-state index in [4.69, 9.17) is 0 Å². The van der Waals surface area contributed by atoms with Gasteiger partial charge in [-0.25, -0.2) is 0 Å². The van der Waals surface area contributed by atoms with Gasteiger partial charge in [-0.1, -0.05) is 18.2 Å². The fourth-order valence-corrected chi connectivity index (χ4v) is 1.40. The van der Waals surface area contributed by atoms with Crippen LogP contribution in [0.5, 0.6) is 0 Å². The fourth-order valence-electron chi connectivity index (χ4n) is 1.40. The molecule has 0 radical (unpaired) electrons. The predicted octanol–water partition coefficient (Wildman–Crippen LogP) is 1.98. The van der Waals surface area contributed by atoms with E-state index in [2.05, 4.69) is 10.4 Å². The molecule has 0 aliphatic carbocycles. The first-order valence-electron chi connectivity index (χ1n) is 5.04. The Morgan fingerprint density at radius 1 is 1.31 bits per heavy atom. The zero-order chi connectivity index (χ0) is 11.5. The summed E-state index contributed by atoms with van der Waals surface area (Å²) >= 11 is 0. The van der Waals surface area contributed by atoms with Crippen LogP contribution in [-0.2, 0) is 7.05 Å². The Labute approximate surface area is 93.9 Å². The summed E-state index contributed by atoms with van der Waals surface area (Å²) in [5.74, 6) is 0.438. The molecule has 0 fully saturated rings. The van der Waals surface area contributed by atoms with E-state index in [9.17, 15) is 4.79 Å². The molecule has 1 amide bonds. The van der Waals surface area contributed by atoms with Gasteiger partial charge in [0, 0.05) is 24.4 Å². The number of aromatic nitrogens is 2. The quantitative estimate of drug-likeness (QED) is 0.832. The number of nitrogens with one attached hydrogen (secondary N) is 1. The van der Waals surface area contributed by atoms with Crippen molar-refractivity contribution in [3.8, 4) is 0 Å². The molecule has 2 rings (SSSR count). The first-order valence-corrected chi connectivity index (χ1v) is 5.04. The van der Waals surface area contributed by atoms with Crippen molar-refractivity contribution < 1.29 is 4.79 Å². The van der Waals surface area contributed by atoms with Crippen molar-refractivity contribution in [2.45, 2.75) is 6.92 Å². The maximum absolute atomic E-state index is 11.8. The molecule has 4 heteroatoms. The molecule has 82 valence electrons. The van der Waals surface area contributed by atoms with Crippen molar-refractivity contribution in [1.29, 1.82) is 0 Å². The highest BCUT2D eigenvalue weighted by Gasteiger charge is 2.07. The molecule has 0 saturated heterocycles. The van der Waals surface area contributed by atoms with Gasteiger partial charge in [0.2, 0.25) is 0 Å². The third-order valence-electron chi connectivity index (χ3n) is 2.39. The van der Waals surface area contributed by atoms with E-state index in [0.29, 0.717) is 11.4 Å². The lowest BCUT2D eigenvalue weighted by molar-refractivity contribution is 0.102. The van der Waals surface area contributed by atoms with Gasteiger partial charge in [-0.2, -0.15) is 5.10 Å². The molecule has 0 aliphatic heterocycles. The third kappa shape index (κ3) is 2.11. The number of carbonyl (C=O) groups excluding carboxylic acids is 1. The number of hydrogen-bond acceptors (Lipinski definition) is 2. The van der Waals surface area contributed by atoms with Gasteiger partial charge in [0.05, 0.1) is 0 Å². The van der Waals surface area contributed by atoms with Crippen LogP contribution < -0.4 is 5.32 Å². The number of aryl methyl sites for hydroxylation is 2. The summed E-state index contributed by atoms with van der Waals surface area (Å²) in [5.41, 5.74) is 1.63. The number of nitrogens with zero attached hydrogens (tertiary/aromatic N) is 2. The van der Waals surface area contributed by atoms with Gasteiger partial charge in [-0.15, -0.1) is 0 Å². The second kappa shape index (κ2) is 4.18. The molecule has 2 aromatic rings. The summed E-state index contributed by atoms with van der Waals surface area (Å²) in [5, 5.41) is 6.91. The molecular weight excluding hydrogens is 202 g/mol. The monoisotopic (exact) mass is 215 g/mol. The Morgan fingerprint density at radius 3 is 2.56 bits per heavy atom. The average Bonchev–Trinajstić information content (AvgIpc) is 2.59. The highest BCUT2D eigenvalue weighted by Crippen LogP contribution is 2.09. The van der Waals surface area contributed by atoms with E-state index in [1.54, 1.807) is 16.8 Å². The minimum Gasteiger partial charge on any atom is -0.305 e. The number of anilines is 1. The zero-order valence-electron chi connectivity index (χ0n) is 9.27. The fraction of sp³-hybridized carbons (Fsp3) is 0.167. The van der Waals surface area contributed by atoms with E-state index in [0.717, 1.165) is 5.69 Å². The minimum absolute atomic E-state index is 0.140. The van der Waals surface area contributed by atoms with Gasteiger partial charge in [-0.05, 0) is 19.1 Å². The number of benzene rings is 1. The van der Waals surface area contributed by atoms with Crippen LogP contribution in [0.1, 0.15) is 16.1 Å². The van der Waals surface area contributed by atoms with Crippen molar-refractivity contribution in [3.63, 3.8) is 0 Å². The molecule has 0 spiro atoms. The van der Waals surface area contributed by atoms with Gasteiger partial charge < -0.3 is 5.32 Å². The molecule has 1 N–H and O–H groups in total. The highest BCUT2D eigenvalue weighted by atomic mass is 16.1. The second-order valence-electron chi connectivity index (χ2n) is 3.61. The number of carbonyl (C=O) groups is 1. The standard InChI is InChI=1S/C12H13N3O/c1-9-8-11(14-15(9)2)13-12(16)10-6-4-3-5-7-10/h3-8H,1-2H3,(H,13,14,16). The van der Waals surface area contributed by atoms with Crippen LogP contribution in [0.25, 0.3) is 0 Å². The normalized spacial score (nSPS) is 10.1. The van der Waals surface area contributed by atoms with Gasteiger partial charge in [0.1, 0.15) is 0 Å².